The molecule has 1 aromatic heterocycles. The average Bonchev–Trinajstić information content (AvgIpc) is 3.37. The second-order valence-corrected chi connectivity index (χ2v) is 9.01. The molecule has 0 bridgehead atoms. The van der Waals surface area contributed by atoms with Gasteiger partial charge in [0, 0.05) is 17.2 Å². The van der Waals surface area contributed by atoms with E-state index in [1.165, 1.54) is 11.3 Å². The zero-order valence-corrected chi connectivity index (χ0v) is 18.5. The smallest absolute Gasteiger partial charge is 0.412 e. The maximum atomic E-state index is 12.6. The number of ether oxygens (including phenoxy) is 1. The molecule has 1 aliphatic rings. The molecule has 4 aromatic rings. The van der Waals surface area contributed by atoms with Crippen LogP contribution < -0.4 is 5.32 Å². The molecule has 0 unspecified atom stereocenters. The van der Waals surface area contributed by atoms with E-state index in [1.807, 2.05) is 54.6 Å². The van der Waals surface area contributed by atoms with Crippen LogP contribution >= 0.6 is 11.3 Å². The fraction of sp³-hybridized carbons (Fsp3) is 0.111. The zero-order chi connectivity index (χ0) is 22.8. The molecule has 0 radical (unpaired) electrons. The lowest BCUT2D eigenvalue weighted by molar-refractivity contribution is 0.0698. The first kappa shape index (κ1) is 21.0. The van der Waals surface area contributed by atoms with Crippen molar-refractivity contribution in [1.82, 2.24) is 0 Å². The lowest BCUT2D eigenvalue weighted by Gasteiger charge is -2.14. The number of rotatable bonds is 6. The van der Waals surface area contributed by atoms with Crippen molar-refractivity contribution in [3.63, 3.8) is 0 Å². The first-order valence-electron chi connectivity index (χ1n) is 10.6. The molecular weight excluding hydrogens is 434 g/mol. The Hall–Kier alpha value is -3.90. The van der Waals surface area contributed by atoms with Crippen LogP contribution in [0.2, 0.25) is 0 Å². The molecule has 1 amide bonds. The number of amides is 1. The Morgan fingerprint density at radius 3 is 2.12 bits per heavy atom. The van der Waals surface area contributed by atoms with Crippen LogP contribution in [0.1, 0.15) is 37.8 Å². The molecular formula is C27H21NO4S. The van der Waals surface area contributed by atoms with Crippen molar-refractivity contribution >= 4 is 28.4 Å². The summed E-state index contributed by atoms with van der Waals surface area (Å²) in [5.74, 6) is -1.14. The third kappa shape index (κ3) is 4.25. The molecule has 0 saturated carbocycles. The fourth-order valence-electron chi connectivity index (χ4n) is 4.31. The molecule has 3 aromatic carbocycles. The van der Waals surface area contributed by atoms with Crippen molar-refractivity contribution < 1.29 is 19.4 Å². The third-order valence-electron chi connectivity index (χ3n) is 5.79. The summed E-state index contributed by atoms with van der Waals surface area (Å²) in [4.78, 5) is 25.2. The first-order valence-corrected chi connectivity index (χ1v) is 11.4. The van der Waals surface area contributed by atoms with Gasteiger partial charge in [0.2, 0.25) is 0 Å². The minimum absolute atomic E-state index is 0.0564. The van der Waals surface area contributed by atoms with Gasteiger partial charge in [-0.25, -0.2) is 9.59 Å². The average molecular weight is 456 g/mol. The van der Waals surface area contributed by atoms with E-state index in [4.69, 9.17) is 4.74 Å². The van der Waals surface area contributed by atoms with E-state index >= 15 is 0 Å². The van der Waals surface area contributed by atoms with Gasteiger partial charge in [0.05, 0.1) is 5.56 Å². The Balaban J connectivity index is 1.30. The van der Waals surface area contributed by atoms with E-state index in [-0.39, 0.29) is 23.1 Å². The van der Waals surface area contributed by atoms with Crippen molar-refractivity contribution in [3.8, 4) is 11.1 Å². The summed E-state index contributed by atoms with van der Waals surface area (Å²) in [5.41, 5.74) is 5.69. The van der Waals surface area contributed by atoms with Crippen molar-refractivity contribution in [2.75, 3.05) is 11.9 Å². The highest BCUT2D eigenvalue weighted by molar-refractivity contribution is 7.16. The number of carboxylic acids is 1. The number of carboxylic acid groups (broad SMARTS) is 1. The van der Waals surface area contributed by atoms with E-state index in [0.29, 0.717) is 6.42 Å². The molecule has 5 rings (SSSR count). The number of hydrogen-bond acceptors (Lipinski definition) is 4. The van der Waals surface area contributed by atoms with Gasteiger partial charge in [0.15, 0.2) is 0 Å². The van der Waals surface area contributed by atoms with Crippen molar-refractivity contribution in [2.24, 2.45) is 0 Å². The third-order valence-corrected chi connectivity index (χ3v) is 6.84. The first-order chi connectivity index (χ1) is 16.1. The molecule has 0 atom stereocenters. The van der Waals surface area contributed by atoms with Crippen LogP contribution in [-0.2, 0) is 11.2 Å². The summed E-state index contributed by atoms with van der Waals surface area (Å²) in [6.07, 6.45) is -0.0644. The van der Waals surface area contributed by atoms with Crippen LogP contribution in [0.4, 0.5) is 9.80 Å². The van der Waals surface area contributed by atoms with Crippen LogP contribution in [0.5, 0.6) is 0 Å². The van der Waals surface area contributed by atoms with Gasteiger partial charge >= 0.3 is 12.1 Å². The lowest BCUT2D eigenvalue weighted by atomic mass is 9.98. The molecule has 0 spiro atoms. The highest BCUT2D eigenvalue weighted by atomic mass is 32.1. The van der Waals surface area contributed by atoms with Crippen LogP contribution in [0.25, 0.3) is 11.1 Å². The van der Waals surface area contributed by atoms with Gasteiger partial charge in [0.25, 0.3) is 0 Å². The number of thiophene rings is 1. The largest absolute Gasteiger partial charge is 0.478 e. The Morgan fingerprint density at radius 2 is 1.48 bits per heavy atom. The number of carbonyl (C=O) groups is 2. The Kier molecular flexibility index (Phi) is 5.67. The van der Waals surface area contributed by atoms with Crippen molar-refractivity contribution in [1.29, 1.82) is 0 Å². The topological polar surface area (TPSA) is 75.6 Å². The minimum atomic E-state index is -1.08. The fourth-order valence-corrected chi connectivity index (χ4v) is 5.37. The standard InChI is InChI=1S/C27H21NO4S/c29-26(30)23-15-18(14-17-8-2-1-3-9-17)33-25(23)28-27(31)32-16-24-21-12-6-4-10-19(21)20-11-5-7-13-22(20)24/h1-13,15,24H,14,16H2,(H,28,31)(H,29,30). The quantitative estimate of drug-likeness (QED) is 0.353. The molecule has 6 heteroatoms. The normalized spacial score (nSPS) is 12.1. The minimum Gasteiger partial charge on any atom is -0.478 e. The van der Waals surface area contributed by atoms with E-state index in [1.54, 1.807) is 6.07 Å². The number of hydrogen-bond donors (Lipinski definition) is 2. The second-order valence-electron chi connectivity index (χ2n) is 7.87. The number of anilines is 1. The summed E-state index contributed by atoms with van der Waals surface area (Å²) in [5, 5.41) is 12.5. The van der Waals surface area contributed by atoms with Gasteiger partial charge in [-0.3, -0.25) is 5.32 Å². The molecule has 0 fully saturated rings. The van der Waals surface area contributed by atoms with Gasteiger partial charge in [-0.2, -0.15) is 0 Å². The molecule has 1 aliphatic carbocycles. The van der Waals surface area contributed by atoms with Gasteiger partial charge in [-0.15, -0.1) is 11.3 Å². The highest BCUT2D eigenvalue weighted by Gasteiger charge is 2.29. The number of carbonyl (C=O) groups excluding carboxylic acids is 1. The van der Waals surface area contributed by atoms with E-state index in [0.717, 1.165) is 32.7 Å². The SMILES string of the molecule is O=C(Nc1sc(Cc2ccccc2)cc1C(=O)O)OCC1c2ccccc2-c2ccccc21. The Labute approximate surface area is 195 Å². The van der Waals surface area contributed by atoms with E-state index < -0.39 is 12.1 Å². The summed E-state index contributed by atoms with van der Waals surface area (Å²) in [6.45, 7) is 0.171. The molecule has 33 heavy (non-hydrogen) atoms. The molecule has 5 nitrogen and oxygen atoms in total. The maximum absolute atomic E-state index is 12.6. The second kappa shape index (κ2) is 8.92. The van der Waals surface area contributed by atoms with Crippen molar-refractivity contribution in [3.05, 3.63) is 112 Å². The number of nitrogens with one attached hydrogen (secondary N) is 1. The molecule has 2 N–H and O–H groups in total. The Bertz CT molecular complexity index is 1280. The summed E-state index contributed by atoms with van der Waals surface area (Å²) in [7, 11) is 0. The summed E-state index contributed by atoms with van der Waals surface area (Å²) < 4.78 is 5.57. The Morgan fingerprint density at radius 1 is 0.879 bits per heavy atom. The zero-order valence-electron chi connectivity index (χ0n) is 17.7. The number of benzene rings is 3. The monoisotopic (exact) mass is 455 g/mol. The van der Waals surface area contributed by atoms with E-state index in [9.17, 15) is 14.7 Å². The van der Waals surface area contributed by atoms with Gasteiger partial charge in [0.1, 0.15) is 11.6 Å². The lowest BCUT2D eigenvalue weighted by Crippen LogP contribution is -2.18. The van der Waals surface area contributed by atoms with Gasteiger partial charge < -0.3 is 9.84 Å². The summed E-state index contributed by atoms with van der Waals surface area (Å²) >= 11 is 1.25. The number of fused-ring (bicyclic) bond motifs is 3. The molecule has 164 valence electrons. The summed E-state index contributed by atoms with van der Waals surface area (Å²) in [6, 6.07) is 27.6. The predicted molar refractivity (Wildman–Crippen MR) is 129 cm³/mol. The predicted octanol–water partition coefficient (Wildman–Crippen LogP) is 6.40. The van der Waals surface area contributed by atoms with Gasteiger partial charge in [-0.05, 0) is 33.9 Å². The van der Waals surface area contributed by atoms with Gasteiger partial charge in [-0.1, -0.05) is 78.9 Å². The van der Waals surface area contributed by atoms with Crippen LogP contribution in [0.3, 0.4) is 0 Å². The van der Waals surface area contributed by atoms with Crippen LogP contribution in [0, 0.1) is 0 Å². The highest BCUT2D eigenvalue weighted by Crippen LogP contribution is 2.44. The van der Waals surface area contributed by atoms with Crippen LogP contribution in [-0.4, -0.2) is 23.8 Å². The van der Waals surface area contributed by atoms with Crippen molar-refractivity contribution in [2.45, 2.75) is 12.3 Å². The molecule has 0 aliphatic heterocycles. The van der Waals surface area contributed by atoms with Crippen LogP contribution in [0.15, 0.2) is 84.9 Å². The molecule has 0 saturated heterocycles. The maximum Gasteiger partial charge on any atom is 0.412 e. The molecule has 1 heterocycles. The number of aromatic carboxylic acids is 1. The van der Waals surface area contributed by atoms with E-state index in [2.05, 4.69) is 29.6 Å².